The molecule has 0 radical (unpaired) electrons. The normalized spacial score (nSPS) is 16.2. The highest BCUT2D eigenvalue weighted by Crippen LogP contribution is 2.47. The van der Waals surface area contributed by atoms with Crippen molar-refractivity contribution in [3.05, 3.63) is 29.3 Å². The number of fused-ring (bicyclic) bond motifs is 2. The fraction of sp³-hybridized carbons (Fsp3) is 0.320. The predicted molar refractivity (Wildman–Crippen MR) is 132 cm³/mol. The lowest BCUT2D eigenvalue weighted by molar-refractivity contribution is -0.116. The van der Waals surface area contributed by atoms with E-state index < -0.39 is 0 Å². The number of carbonyl (C=O) groups is 1. The van der Waals surface area contributed by atoms with Crippen LogP contribution in [-0.4, -0.2) is 49.0 Å². The van der Waals surface area contributed by atoms with Gasteiger partial charge in [0.15, 0.2) is 5.82 Å². The van der Waals surface area contributed by atoms with E-state index >= 15 is 0 Å². The SMILES string of the molecule is COc1cc(OC)cc(N2C(=O)Cc3c2nc2c4c(nc(N5CCCC5)c(C#N)c34)N=C(C)N2)c1. The van der Waals surface area contributed by atoms with Crippen LogP contribution in [0.5, 0.6) is 11.5 Å². The molecule has 0 bridgehead atoms. The first kappa shape index (κ1) is 21.2. The Bertz CT molecular complexity index is 1460. The number of nitrogens with one attached hydrogen (secondary N) is 1. The van der Waals surface area contributed by atoms with Crippen LogP contribution < -0.4 is 24.6 Å². The quantitative estimate of drug-likeness (QED) is 0.613. The van der Waals surface area contributed by atoms with Crippen LogP contribution in [0, 0.1) is 11.3 Å². The first-order valence-corrected chi connectivity index (χ1v) is 11.5. The fourth-order valence-corrected chi connectivity index (χ4v) is 5.11. The van der Waals surface area contributed by atoms with Gasteiger partial charge in [-0.3, -0.25) is 9.69 Å². The molecule has 0 unspecified atom stereocenters. The maximum absolute atomic E-state index is 13.4. The lowest BCUT2D eigenvalue weighted by Crippen LogP contribution is -2.23. The molecule has 0 atom stereocenters. The van der Waals surface area contributed by atoms with E-state index in [9.17, 15) is 10.1 Å². The van der Waals surface area contributed by atoms with Crippen LogP contribution >= 0.6 is 0 Å². The number of methoxy groups -OCH3 is 2. The molecule has 1 saturated heterocycles. The molecule has 10 nitrogen and oxygen atoms in total. The number of aromatic nitrogens is 2. The molecule has 1 aromatic carbocycles. The lowest BCUT2D eigenvalue weighted by atomic mass is 10.00. The number of rotatable bonds is 4. The van der Waals surface area contributed by atoms with Crippen LogP contribution in [0.4, 0.5) is 29.0 Å². The summed E-state index contributed by atoms with van der Waals surface area (Å²) < 4.78 is 10.8. The predicted octanol–water partition coefficient (Wildman–Crippen LogP) is 3.82. The van der Waals surface area contributed by atoms with E-state index in [0.29, 0.717) is 68.2 Å². The minimum atomic E-state index is -0.150. The summed E-state index contributed by atoms with van der Waals surface area (Å²) in [6.45, 7) is 3.51. The highest BCUT2D eigenvalue weighted by Gasteiger charge is 2.37. The molecule has 1 amide bonds. The van der Waals surface area contributed by atoms with Gasteiger partial charge >= 0.3 is 0 Å². The summed E-state index contributed by atoms with van der Waals surface area (Å²) in [5, 5.41) is 14.9. The van der Waals surface area contributed by atoms with E-state index in [1.807, 2.05) is 6.92 Å². The summed E-state index contributed by atoms with van der Waals surface area (Å²) in [4.78, 5) is 31.4. The topological polar surface area (TPSA) is 116 Å². The van der Waals surface area contributed by atoms with Gasteiger partial charge in [-0.1, -0.05) is 0 Å². The number of ether oxygens (including phenoxy) is 2. The maximum atomic E-state index is 13.4. The van der Waals surface area contributed by atoms with Gasteiger partial charge < -0.3 is 19.7 Å². The van der Waals surface area contributed by atoms with Gasteiger partial charge in [0, 0.05) is 42.2 Å². The van der Waals surface area contributed by atoms with Gasteiger partial charge in [0.05, 0.1) is 31.7 Å². The molecule has 0 aliphatic carbocycles. The van der Waals surface area contributed by atoms with Crippen LogP contribution in [0.25, 0.3) is 10.8 Å². The van der Waals surface area contributed by atoms with E-state index in [-0.39, 0.29) is 12.3 Å². The second-order valence-corrected chi connectivity index (χ2v) is 8.75. The Morgan fingerprint density at radius 1 is 1.03 bits per heavy atom. The molecule has 3 aliphatic heterocycles. The molecule has 10 heteroatoms. The average molecular weight is 470 g/mol. The number of hydrogen-bond donors (Lipinski definition) is 1. The Morgan fingerprint density at radius 3 is 2.40 bits per heavy atom. The van der Waals surface area contributed by atoms with Crippen LogP contribution in [0.15, 0.2) is 23.2 Å². The molecule has 5 heterocycles. The molecular weight excluding hydrogens is 446 g/mol. The number of nitrogens with zero attached hydrogens (tertiary/aromatic N) is 6. The van der Waals surface area contributed by atoms with Crippen LogP contribution in [-0.2, 0) is 11.2 Å². The Labute approximate surface area is 201 Å². The van der Waals surface area contributed by atoms with Gasteiger partial charge in [0.25, 0.3) is 0 Å². The van der Waals surface area contributed by atoms with Gasteiger partial charge in [-0.25, -0.2) is 15.0 Å². The Kier molecular flexibility index (Phi) is 4.74. The second kappa shape index (κ2) is 7.84. The zero-order chi connectivity index (χ0) is 24.3. The van der Waals surface area contributed by atoms with Crippen LogP contribution in [0.3, 0.4) is 0 Å². The molecule has 1 fully saturated rings. The zero-order valence-corrected chi connectivity index (χ0v) is 19.7. The summed E-state index contributed by atoms with van der Waals surface area (Å²) in [5.41, 5.74) is 1.74. The monoisotopic (exact) mass is 469 g/mol. The van der Waals surface area contributed by atoms with Crippen molar-refractivity contribution in [1.29, 1.82) is 5.26 Å². The van der Waals surface area contributed by atoms with E-state index in [0.717, 1.165) is 25.9 Å². The smallest absolute Gasteiger partial charge is 0.237 e. The molecular formula is C25H23N7O3. The zero-order valence-electron chi connectivity index (χ0n) is 19.7. The third kappa shape index (κ3) is 3.15. The fourth-order valence-electron chi connectivity index (χ4n) is 5.11. The number of carbonyl (C=O) groups excluding carboxylic acids is 1. The summed E-state index contributed by atoms with van der Waals surface area (Å²) in [7, 11) is 3.13. The third-order valence-electron chi connectivity index (χ3n) is 6.66. The first-order chi connectivity index (χ1) is 17.0. The van der Waals surface area contributed by atoms with Gasteiger partial charge in [-0.2, -0.15) is 5.26 Å². The van der Waals surface area contributed by atoms with Crippen LogP contribution in [0.2, 0.25) is 0 Å². The van der Waals surface area contributed by atoms with Crippen molar-refractivity contribution in [3.63, 3.8) is 0 Å². The number of hydrogen-bond acceptors (Lipinski definition) is 9. The largest absolute Gasteiger partial charge is 0.497 e. The average Bonchev–Trinajstić information content (AvgIpc) is 3.50. The molecule has 176 valence electrons. The highest BCUT2D eigenvalue weighted by atomic mass is 16.5. The summed E-state index contributed by atoms with van der Waals surface area (Å²) in [6.07, 6.45) is 2.21. The number of benzene rings is 1. The number of nitriles is 1. The number of aliphatic imine (C=N–C) groups is 1. The van der Waals surface area contributed by atoms with Gasteiger partial charge in [0.1, 0.15) is 46.4 Å². The van der Waals surface area contributed by atoms with Gasteiger partial charge in [-0.15, -0.1) is 0 Å². The third-order valence-corrected chi connectivity index (χ3v) is 6.66. The molecule has 0 saturated carbocycles. The number of amides is 1. The minimum absolute atomic E-state index is 0.110. The lowest BCUT2D eigenvalue weighted by Gasteiger charge is -2.24. The molecule has 35 heavy (non-hydrogen) atoms. The van der Waals surface area contributed by atoms with Crippen molar-refractivity contribution >= 4 is 51.5 Å². The molecule has 6 rings (SSSR count). The van der Waals surface area contributed by atoms with E-state index in [2.05, 4.69) is 21.3 Å². The molecule has 2 aromatic heterocycles. The molecule has 1 N–H and O–H groups in total. The maximum Gasteiger partial charge on any atom is 0.237 e. The Hall–Kier alpha value is -4.39. The second-order valence-electron chi connectivity index (χ2n) is 8.75. The van der Waals surface area contributed by atoms with E-state index in [4.69, 9.17) is 19.4 Å². The Balaban J connectivity index is 1.65. The minimum Gasteiger partial charge on any atom is -0.497 e. The van der Waals surface area contributed by atoms with Crippen molar-refractivity contribution in [2.24, 2.45) is 4.99 Å². The number of anilines is 4. The Morgan fingerprint density at radius 2 is 1.74 bits per heavy atom. The van der Waals surface area contributed by atoms with Crippen molar-refractivity contribution < 1.29 is 14.3 Å². The van der Waals surface area contributed by atoms with Crippen molar-refractivity contribution in [2.45, 2.75) is 26.2 Å². The van der Waals surface area contributed by atoms with Gasteiger partial charge in [0.2, 0.25) is 5.91 Å². The summed E-state index contributed by atoms with van der Waals surface area (Å²) in [5.74, 6) is 3.78. The molecule has 0 spiro atoms. The number of pyridine rings is 2. The van der Waals surface area contributed by atoms with E-state index in [1.165, 1.54) is 0 Å². The van der Waals surface area contributed by atoms with E-state index in [1.54, 1.807) is 37.3 Å². The van der Waals surface area contributed by atoms with Crippen molar-refractivity contribution in [1.82, 2.24) is 9.97 Å². The molecule has 3 aromatic rings. The highest BCUT2D eigenvalue weighted by molar-refractivity contribution is 6.19. The first-order valence-electron chi connectivity index (χ1n) is 11.5. The summed E-state index contributed by atoms with van der Waals surface area (Å²) >= 11 is 0. The van der Waals surface area contributed by atoms with Gasteiger partial charge in [-0.05, 0) is 19.8 Å². The molecule has 3 aliphatic rings. The van der Waals surface area contributed by atoms with Crippen molar-refractivity contribution in [3.8, 4) is 17.6 Å². The van der Waals surface area contributed by atoms with Crippen molar-refractivity contribution in [2.75, 3.05) is 42.4 Å². The number of amidine groups is 1. The summed E-state index contributed by atoms with van der Waals surface area (Å²) in [6, 6.07) is 7.67. The van der Waals surface area contributed by atoms with Crippen LogP contribution in [0.1, 0.15) is 30.9 Å². The standard InChI is InChI=1S/C25H23N7O3/c1-13-27-22-21-20(18(12-26)24(29-22)31-6-4-5-7-31)17-11-19(33)32(25(17)30-23(21)28-13)14-8-15(34-2)10-16(9-14)35-3/h8-10H,4-7,11H2,1-3H3,(H,27,28,29,30).